The van der Waals surface area contributed by atoms with E-state index < -0.39 is 12.4 Å². The topological polar surface area (TPSA) is 130 Å². The number of nitrogens with one attached hydrogen (secondary N) is 2. The number of aromatic nitrogens is 3. The molecule has 2 fully saturated rings. The molecule has 10 nitrogen and oxygen atoms in total. The second-order valence-corrected chi connectivity index (χ2v) is 9.20. The van der Waals surface area contributed by atoms with E-state index in [0.717, 1.165) is 25.7 Å². The predicted octanol–water partition coefficient (Wildman–Crippen LogP) is 2.27. The molecule has 1 saturated carbocycles. The van der Waals surface area contributed by atoms with E-state index in [1.54, 1.807) is 11.1 Å². The summed E-state index contributed by atoms with van der Waals surface area (Å²) < 4.78 is 25.6. The molecule has 1 atom stereocenters. The Morgan fingerprint density at radius 3 is 2.83 bits per heavy atom. The van der Waals surface area contributed by atoms with Crippen molar-refractivity contribution in [3.05, 3.63) is 36.0 Å². The monoisotopic (exact) mass is 497 g/mol. The first-order valence-corrected chi connectivity index (χ1v) is 12.0. The van der Waals surface area contributed by atoms with Crippen molar-refractivity contribution in [1.29, 1.82) is 0 Å². The minimum Gasteiger partial charge on any atom is -0.494 e. The fourth-order valence-electron chi connectivity index (χ4n) is 4.49. The van der Waals surface area contributed by atoms with Gasteiger partial charge < -0.3 is 29.8 Å². The fourth-order valence-corrected chi connectivity index (χ4v) is 4.49. The third kappa shape index (κ3) is 4.83. The summed E-state index contributed by atoms with van der Waals surface area (Å²) in [6, 6.07) is 2.59. The van der Waals surface area contributed by atoms with Gasteiger partial charge >= 0.3 is 0 Å². The molecule has 0 bridgehead atoms. The number of hydrogen-bond donors (Lipinski definition) is 3. The Bertz CT molecular complexity index is 1290. The van der Waals surface area contributed by atoms with Crippen LogP contribution in [0.1, 0.15) is 36.0 Å². The summed E-state index contributed by atoms with van der Waals surface area (Å²) >= 11 is 0. The van der Waals surface area contributed by atoms with Gasteiger partial charge in [0.25, 0.3) is 5.91 Å². The quantitative estimate of drug-likeness (QED) is 0.435. The SMILES string of the molecule is COc1cc(-c2ncnc3c(C(=O)N[C@@H]4CCCN(C(=O)CO)C4)c[nH]c23)c(OCC2CC2)cc1F. The molecule has 11 heteroatoms. The van der Waals surface area contributed by atoms with Crippen LogP contribution >= 0.6 is 0 Å². The maximum absolute atomic E-state index is 14.5. The molecule has 3 N–H and O–H groups in total. The van der Waals surface area contributed by atoms with Crippen molar-refractivity contribution < 1.29 is 28.6 Å². The number of ether oxygens (including phenoxy) is 2. The van der Waals surface area contributed by atoms with Crippen molar-refractivity contribution in [2.75, 3.05) is 33.4 Å². The van der Waals surface area contributed by atoms with Gasteiger partial charge in [0.15, 0.2) is 11.6 Å². The van der Waals surface area contributed by atoms with Gasteiger partial charge in [-0.2, -0.15) is 0 Å². The summed E-state index contributed by atoms with van der Waals surface area (Å²) in [5, 5.41) is 12.1. The molecule has 1 aromatic carbocycles. The molecule has 0 unspecified atom stereocenters. The number of rotatable bonds is 8. The van der Waals surface area contributed by atoms with E-state index in [1.165, 1.54) is 25.6 Å². The lowest BCUT2D eigenvalue weighted by Crippen LogP contribution is -2.50. The Hall–Kier alpha value is -3.73. The van der Waals surface area contributed by atoms with E-state index in [0.29, 0.717) is 59.2 Å². The van der Waals surface area contributed by atoms with Gasteiger partial charge in [-0.25, -0.2) is 14.4 Å². The smallest absolute Gasteiger partial charge is 0.255 e. The number of carbonyl (C=O) groups is 2. The number of benzene rings is 1. The highest BCUT2D eigenvalue weighted by molar-refractivity contribution is 6.08. The van der Waals surface area contributed by atoms with E-state index in [4.69, 9.17) is 14.6 Å². The fraction of sp³-hybridized carbons (Fsp3) is 0.440. The lowest BCUT2D eigenvalue weighted by atomic mass is 10.0. The van der Waals surface area contributed by atoms with Crippen LogP contribution in [0.15, 0.2) is 24.7 Å². The third-order valence-corrected chi connectivity index (χ3v) is 6.63. The largest absolute Gasteiger partial charge is 0.494 e. The lowest BCUT2D eigenvalue weighted by molar-refractivity contribution is -0.135. The van der Waals surface area contributed by atoms with E-state index >= 15 is 0 Å². The standard InChI is InChI=1S/C25H28FN5O5/c1-35-20-7-16(19(8-18(20)26)36-12-14-4-5-14)22-24-23(29-13-28-22)17(9-27-24)25(34)30-15-3-2-6-31(10-15)21(33)11-32/h7-9,13-15,27,32H,2-6,10-12H2,1H3,(H,30,34)/t15-/m1/s1. The molecule has 3 aromatic rings. The zero-order valence-corrected chi connectivity index (χ0v) is 19.9. The zero-order valence-electron chi connectivity index (χ0n) is 19.9. The number of carbonyl (C=O) groups excluding carboxylic acids is 2. The van der Waals surface area contributed by atoms with Gasteiger partial charge in [0.1, 0.15) is 29.9 Å². The second-order valence-electron chi connectivity index (χ2n) is 9.20. The zero-order chi connectivity index (χ0) is 25.2. The number of hydrogen-bond acceptors (Lipinski definition) is 7. The number of amides is 2. The highest BCUT2D eigenvalue weighted by atomic mass is 19.1. The highest BCUT2D eigenvalue weighted by Crippen LogP contribution is 2.39. The molecule has 0 spiro atoms. The van der Waals surface area contributed by atoms with Crippen LogP contribution in [0.3, 0.4) is 0 Å². The molecule has 0 radical (unpaired) electrons. The van der Waals surface area contributed by atoms with Crippen molar-refractivity contribution in [1.82, 2.24) is 25.2 Å². The van der Waals surface area contributed by atoms with E-state index in [-0.39, 0.29) is 23.6 Å². The van der Waals surface area contributed by atoms with Crippen LogP contribution < -0.4 is 14.8 Å². The van der Waals surface area contributed by atoms with Crippen LogP contribution in [0.4, 0.5) is 4.39 Å². The number of aliphatic hydroxyl groups is 1. The van der Waals surface area contributed by atoms with E-state index in [1.807, 2.05) is 0 Å². The van der Waals surface area contributed by atoms with Gasteiger partial charge in [0.2, 0.25) is 5.91 Å². The van der Waals surface area contributed by atoms with Crippen LogP contribution in [0.25, 0.3) is 22.3 Å². The summed E-state index contributed by atoms with van der Waals surface area (Å²) in [7, 11) is 1.39. The normalized spacial score (nSPS) is 17.8. The van der Waals surface area contributed by atoms with Crippen molar-refractivity contribution in [3.8, 4) is 22.8 Å². The molecule has 36 heavy (non-hydrogen) atoms. The molecule has 2 amide bonds. The molecule has 2 aromatic heterocycles. The van der Waals surface area contributed by atoms with Gasteiger partial charge in [-0.1, -0.05) is 0 Å². The van der Waals surface area contributed by atoms with Gasteiger partial charge in [-0.15, -0.1) is 0 Å². The summed E-state index contributed by atoms with van der Waals surface area (Å²) in [6.07, 6.45) is 6.54. The van der Waals surface area contributed by atoms with Crippen molar-refractivity contribution in [2.45, 2.75) is 31.7 Å². The number of H-pyrrole nitrogens is 1. The first-order chi connectivity index (χ1) is 17.5. The van der Waals surface area contributed by atoms with Crippen LogP contribution in [-0.4, -0.2) is 76.2 Å². The third-order valence-electron chi connectivity index (χ3n) is 6.63. The Kier molecular flexibility index (Phi) is 6.73. The molecule has 2 aliphatic rings. The Labute approximate surface area is 206 Å². The first kappa shape index (κ1) is 24.0. The summed E-state index contributed by atoms with van der Waals surface area (Å²) in [4.78, 5) is 38.4. The number of aromatic amines is 1. The average Bonchev–Trinajstić information content (AvgIpc) is 3.62. The van der Waals surface area contributed by atoms with Crippen LogP contribution in [0, 0.1) is 11.7 Å². The van der Waals surface area contributed by atoms with Crippen LogP contribution in [0.2, 0.25) is 0 Å². The molecular formula is C25H28FN5O5. The Morgan fingerprint density at radius 2 is 2.08 bits per heavy atom. The van der Waals surface area contributed by atoms with Gasteiger partial charge in [-0.3, -0.25) is 9.59 Å². The van der Waals surface area contributed by atoms with Crippen LogP contribution in [0.5, 0.6) is 11.5 Å². The molecule has 190 valence electrons. The molecule has 1 aliphatic carbocycles. The molecule has 3 heterocycles. The lowest BCUT2D eigenvalue weighted by Gasteiger charge is -2.32. The number of halogens is 1. The van der Waals surface area contributed by atoms with Crippen molar-refractivity contribution >= 4 is 22.8 Å². The average molecular weight is 498 g/mol. The van der Waals surface area contributed by atoms with Gasteiger partial charge in [0, 0.05) is 37.0 Å². The predicted molar refractivity (Wildman–Crippen MR) is 128 cm³/mol. The summed E-state index contributed by atoms with van der Waals surface area (Å²) in [5.41, 5.74) is 2.23. The number of nitrogens with zero attached hydrogens (tertiary/aromatic N) is 3. The number of likely N-dealkylation sites (tertiary alicyclic amines) is 1. The molecule has 5 rings (SSSR count). The van der Waals surface area contributed by atoms with E-state index in [2.05, 4.69) is 20.3 Å². The van der Waals surface area contributed by atoms with E-state index in [9.17, 15) is 14.0 Å². The minimum atomic E-state index is -0.552. The molecule has 1 aliphatic heterocycles. The maximum Gasteiger partial charge on any atom is 0.255 e. The first-order valence-electron chi connectivity index (χ1n) is 12.0. The number of methoxy groups -OCH3 is 1. The number of aliphatic hydroxyl groups excluding tert-OH is 1. The summed E-state index contributed by atoms with van der Waals surface area (Å²) in [5.74, 6) is -0.359. The molecular weight excluding hydrogens is 469 g/mol. The Balaban J connectivity index is 1.44. The maximum atomic E-state index is 14.5. The number of piperidine rings is 1. The number of fused-ring (bicyclic) bond motifs is 1. The highest BCUT2D eigenvalue weighted by Gasteiger charge is 2.27. The second kappa shape index (κ2) is 10.1. The Morgan fingerprint density at radius 1 is 1.25 bits per heavy atom. The van der Waals surface area contributed by atoms with Crippen LogP contribution in [-0.2, 0) is 4.79 Å². The van der Waals surface area contributed by atoms with Gasteiger partial charge in [0.05, 0.1) is 24.8 Å². The van der Waals surface area contributed by atoms with Crippen molar-refractivity contribution in [2.24, 2.45) is 5.92 Å². The van der Waals surface area contributed by atoms with Gasteiger partial charge in [-0.05, 0) is 37.7 Å². The summed E-state index contributed by atoms with van der Waals surface area (Å²) in [6.45, 7) is 0.832. The van der Waals surface area contributed by atoms with Crippen molar-refractivity contribution in [3.63, 3.8) is 0 Å². The molecule has 1 saturated heterocycles. The minimum absolute atomic E-state index is 0.0549.